The van der Waals surface area contributed by atoms with E-state index in [0.29, 0.717) is 0 Å². The van der Waals surface area contributed by atoms with Crippen LogP contribution in [0, 0.1) is 0 Å². The van der Waals surface area contributed by atoms with E-state index >= 15 is 0 Å². The van der Waals surface area contributed by atoms with Crippen molar-refractivity contribution in [2.24, 2.45) is 0 Å². The maximum absolute atomic E-state index is 12.3. The maximum atomic E-state index is 12.3. The first-order valence-electron chi connectivity index (χ1n) is 7.39. The van der Waals surface area contributed by atoms with Crippen molar-refractivity contribution in [2.45, 2.75) is 58.6 Å². The first kappa shape index (κ1) is 17.4. The van der Waals surface area contributed by atoms with Gasteiger partial charge < -0.3 is 10.1 Å². The summed E-state index contributed by atoms with van der Waals surface area (Å²) in [5.41, 5.74) is 0.137. The lowest BCUT2D eigenvalue weighted by atomic mass is 10.1. The molecule has 1 N–H and O–H groups in total. The molecule has 1 atom stereocenters. The van der Waals surface area contributed by atoms with Gasteiger partial charge in [0.05, 0.1) is 5.56 Å². The number of carbonyl (C=O) groups excluding carboxylic acids is 1. The van der Waals surface area contributed by atoms with Crippen LogP contribution in [-0.2, 0) is 0 Å². The van der Waals surface area contributed by atoms with Crippen LogP contribution in [0.2, 0.25) is 0 Å². The summed E-state index contributed by atoms with van der Waals surface area (Å²) in [5, 5.41) is 2.82. The van der Waals surface area contributed by atoms with E-state index in [1.54, 1.807) is 12.1 Å². The lowest BCUT2D eigenvalue weighted by molar-refractivity contribution is -0.0501. The highest BCUT2D eigenvalue weighted by atomic mass is 19.3. The summed E-state index contributed by atoms with van der Waals surface area (Å²) < 4.78 is 29.0. The largest absolute Gasteiger partial charge is 0.434 e. The second kappa shape index (κ2) is 9.32. The zero-order valence-corrected chi connectivity index (χ0v) is 12.6. The van der Waals surface area contributed by atoms with Gasteiger partial charge in [-0.3, -0.25) is 4.79 Å². The van der Waals surface area contributed by atoms with Crippen LogP contribution in [0.4, 0.5) is 8.78 Å². The number of para-hydroxylation sites is 1. The molecular formula is C16H23F2NO2. The van der Waals surface area contributed by atoms with Crippen LogP contribution < -0.4 is 10.1 Å². The summed E-state index contributed by atoms with van der Waals surface area (Å²) in [5.74, 6) is -0.475. The van der Waals surface area contributed by atoms with E-state index in [4.69, 9.17) is 0 Å². The molecule has 0 aromatic heterocycles. The Morgan fingerprint density at radius 2 is 1.95 bits per heavy atom. The zero-order chi connectivity index (χ0) is 15.7. The van der Waals surface area contributed by atoms with Crippen molar-refractivity contribution in [3.05, 3.63) is 29.8 Å². The molecule has 21 heavy (non-hydrogen) atoms. The number of carbonyl (C=O) groups is 1. The fraction of sp³-hybridized carbons (Fsp3) is 0.562. The Kier molecular flexibility index (Phi) is 7.72. The third-order valence-corrected chi connectivity index (χ3v) is 3.22. The van der Waals surface area contributed by atoms with Crippen molar-refractivity contribution in [3.63, 3.8) is 0 Å². The van der Waals surface area contributed by atoms with E-state index < -0.39 is 6.61 Å². The Labute approximate surface area is 124 Å². The van der Waals surface area contributed by atoms with Gasteiger partial charge in [-0.1, -0.05) is 44.7 Å². The van der Waals surface area contributed by atoms with Gasteiger partial charge in [0, 0.05) is 6.04 Å². The van der Waals surface area contributed by atoms with Crippen molar-refractivity contribution in [1.29, 1.82) is 0 Å². The molecule has 0 aliphatic rings. The van der Waals surface area contributed by atoms with Crippen molar-refractivity contribution in [3.8, 4) is 5.75 Å². The molecule has 0 fully saturated rings. The minimum atomic E-state index is -2.94. The number of hydrogen-bond donors (Lipinski definition) is 1. The van der Waals surface area contributed by atoms with Crippen LogP contribution in [0.5, 0.6) is 5.75 Å². The number of benzene rings is 1. The summed E-state index contributed by atoms with van der Waals surface area (Å²) >= 11 is 0. The van der Waals surface area contributed by atoms with Crippen LogP contribution in [-0.4, -0.2) is 18.6 Å². The summed E-state index contributed by atoms with van der Waals surface area (Å²) in [4.78, 5) is 12.1. The molecule has 118 valence electrons. The van der Waals surface area contributed by atoms with Gasteiger partial charge in [-0.15, -0.1) is 0 Å². The number of unbranched alkanes of at least 4 members (excludes halogenated alkanes) is 3. The molecule has 0 radical (unpaired) electrons. The van der Waals surface area contributed by atoms with E-state index in [1.165, 1.54) is 25.0 Å². The summed E-state index contributed by atoms with van der Waals surface area (Å²) in [6.45, 7) is 1.12. The van der Waals surface area contributed by atoms with E-state index in [-0.39, 0.29) is 23.3 Å². The molecule has 1 aromatic carbocycles. The highest BCUT2D eigenvalue weighted by molar-refractivity contribution is 5.97. The van der Waals surface area contributed by atoms with Crippen molar-refractivity contribution in [1.82, 2.24) is 5.32 Å². The van der Waals surface area contributed by atoms with Crippen molar-refractivity contribution >= 4 is 5.91 Å². The molecule has 1 unspecified atom stereocenters. The predicted molar refractivity (Wildman–Crippen MR) is 78.8 cm³/mol. The Morgan fingerprint density at radius 1 is 1.24 bits per heavy atom. The summed E-state index contributed by atoms with van der Waals surface area (Å²) in [6.07, 6.45) is 5.42. The van der Waals surface area contributed by atoms with Crippen LogP contribution in [0.3, 0.4) is 0 Å². The Morgan fingerprint density at radius 3 is 2.62 bits per heavy atom. The first-order valence-corrected chi connectivity index (χ1v) is 7.39. The summed E-state index contributed by atoms with van der Waals surface area (Å²) in [6, 6.07) is 6.04. The number of nitrogens with one attached hydrogen (secondary N) is 1. The van der Waals surface area contributed by atoms with Gasteiger partial charge in [-0.2, -0.15) is 8.78 Å². The Balaban J connectivity index is 2.54. The highest BCUT2D eigenvalue weighted by Gasteiger charge is 2.16. The topological polar surface area (TPSA) is 38.3 Å². The smallest absolute Gasteiger partial charge is 0.387 e. The predicted octanol–water partition coefficient (Wildman–Crippen LogP) is 4.38. The number of ether oxygens (including phenoxy) is 1. The zero-order valence-electron chi connectivity index (χ0n) is 12.6. The number of alkyl halides is 2. The fourth-order valence-corrected chi connectivity index (χ4v) is 2.10. The van der Waals surface area contributed by atoms with Crippen LogP contribution in [0.15, 0.2) is 24.3 Å². The average molecular weight is 299 g/mol. The Hall–Kier alpha value is -1.65. The number of amides is 1. The molecule has 0 aliphatic carbocycles. The monoisotopic (exact) mass is 299 g/mol. The van der Waals surface area contributed by atoms with Gasteiger partial charge in [0.2, 0.25) is 0 Å². The SMILES string of the molecule is CCCCCCC(C)NC(=O)c1ccccc1OC(F)F. The van der Waals surface area contributed by atoms with Gasteiger partial charge in [0.15, 0.2) is 0 Å². The van der Waals surface area contributed by atoms with Gasteiger partial charge in [0.1, 0.15) is 5.75 Å². The standard InChI is InChI=1S/C16H23F2NO2/c1-3-4-5-6-9-12(2)19-15(20)13-10-7-8-11-14(13)21-16(17)18/h7-8,10-12,16H,3-6,9H2,1-2H3,(H,19,20). The second-order valence-corrected chi connectivity index (χ2v) is 5.10. The van der Waals surface area contributed by atoms with Crippen molar-refractivity contribution < 1.29 is 18.3 Å². The molecule has 0 bridgehead atoms. The fourth-order valence-electron chi connectivity index (χ4n) is 2.10. The van der Waals surface area contributed by atoms with Crippen LogP contribution in [0.1, 0.15) is 56.3 Å². The molecule has 3 nitrogen and oxygen atoms in total. The van der Waals surface area contributed by atoms with E-state index in [1.807, 2.05) is 6.92 Å². The molecule has 5 heteroatoms. The third kappa shape index (κ3) is 6.56. The van der Waals surface area contributed by atoms with E-state index in [9.17, 15) is 13.6 Å². The molecule has 1 rings (SSSR count). The second-order valence-electron chi connectivity index (χ2n) is 5.10. The van der Waals surface area contributed by atoms with Gasteiger partial charge in [-0.05, 0) is 25.5 Å². The van der Waals surface area contributed by atoms with Gasteiger partial charge in [0.25, 0.3) is 5.91 Å². The van der Waals surface area contributed by atoms with Crippen molar-refractivity contribution in [2.75, 3.05) is 0 Å². The minimum absolute atomic E-state index is 0.00830. The van der Waals surface area contributed by atoms with Crippen LogP contribution >= 0.6 is 0 Å². The van der Waals surface area contributed by atoms with Gasteiger partial charge >= 0.3 is 6.61 Å². The van der Waals surface area contributed by atoms with Gasteiger partial charge in [-0.25, -0.2) is 0 Å². The Bertz CT molecular complexity index is 438. The normalized spacial score (nSPS) is 12.2. The molecular weight excluding hydrogens is 276 g/mol. The maximum Gasteiger partial charge on any atom is 0.387 e. The highest BCUT2D eigenvalue weighted by Crippen LogP contribution is 2.20. The van der Waals surface area contributed by atoms with E-state index in [2.05, 4.69) is 17.0 Å². The lowest BCUT2D eigenvalue weighted by Crippen LogP contribution is -2.32. The van der Waals surface area contributed by atoms with Crippen LogP contribution in [0.25, 0.3) is 0 Å². The number of hydrogen-bond acceptors (Lipinski definition) is 2. The minimum Gasteiger partial charge on any atom is -0.434 e. The molecule has 0 heterocycles. The molecule has 1 aromatic rings. The molecule has 0 saturated heterocycles. The third-order valence-electron chi connectivity index (χ3n) is 3.22. The lowest BCUT2D eigenvalue weighted by Gasteiger charge is -2.15. The number of rotatable bonds is 9. The number of halogens is 2. The average Bonchev–Trinajstić information content (AvgIpc) is 2.43. The molecule has 0 saturated carbocycles. The first-order chi connectivity index (χ1) is 10.0. The molecule has 0 spiro atoms. The van der Waals surface area contributed by atoms with E-state index in [0.717, 1.165) is 19.3 Å². The summed E-state index contributed by atoms with van der Waals surface area (Å²) in [7, 11) is 0. The molecule has 0 aliphatic heterocycles. The quantitative estimate of drug-likeness (QED) is 0.687. The molecule has 1 amide bonds.